The lowest BCUT2D eigenvalue weighted by Gasteiger charge is -2.23. The number of thioether (sulfide) groups is 1. The van der Waals surface area contributed by atoms with Gasteiger partial charge < -0.3 is 15.5 Å². The third-order valence-electron chi connectivity index (χ3n) is 4.55. The number of hydrogen-bond donors (Lipinski definition) is 2. The number of hydrogen-bond acceptors (Lipinski definition) is 4. The molecular weight excluding hydrogens is 346 g/mol. The second-order valence-electron chi connectivity index (χ2n) is 6.24. The van der Waals surface area contributed by atoms with Gasteiger partial charge in [-0.3, -0.25) is 9.59 Å². The summed E-state index contributed by atoms with van der Waals surface area (Å²) < 4.78 is 0. The molecule has 2 amide bonds. The molecule has 0 spiro atoms. The Labute approximate surface area is 151 Å². The zero-order valence-electron chi connectivity index (χ0n) is 13.5. The van der Waals surface area contributed by atoms with Gasteiger partial charge in [0.25, 0.3) is 5.91 Å². The lowest BCUT2D eigenvalue weighted by molar-refractivity contribution is -0.124. The van der Waals surface area contributed by atoms with Gasteiger partial charge in [-0.25, -0.2) is 0 Å². The van der Waals surface area contributed by atoms with Crippen LogP contribution in [0.25, 0.3) is 0 Å². The Bertz CT molecular complexity index is 590. The Morgan fingerprint density at radius 2 is 2.12 bits per heavy atom. The van der Waals surface area contributed by atoms with Gasteiger partial charge in [0, 0.05) is 22.9 Å². The minimum Gasteiger partial charge on any atom is -0.354 e. The van der Waals surface area contributed by atoms with Crippen molar-refractivity contribution in [1.82, 2.24) is 15.5 Å². The monoisotopic (exact) mass is 367 g/mol. The van der Waals surface area contributed by atoms with Gasteiger partial charge in [0.1, 0.15) is 6.04 Å². The number of carbonyl (C=O) groups excluding carboxylic acids is 2. The number of rotatable bonds is 5. The number of nitrogens with zero attached hydrogens (tertiary/aromatic N) is 1. The summed E-state index contributed by atoms with van der Waals surface area (Å²) in [4.78, 5) is 26.8. The first-order chi connectivity index (χ1) is 11.6. The van der Waals surface area contributed by atoms with E-state index in [1.54, 1.807) is 40.9 Å². The molecule has 5 nitrogen and oxygen atoms in total. The molecule has 7 heteroatoms. The van der Waals surface area contributed by atoms with Crippen molar-refractivity contribution in [3.05, 3.63) is 34.9 Å². The molecule has 0 bridgehead atoms. The Morgan fingerprint density at radius 3 is 2.83 bits per heavy atom. The van der Waals surface area contributed by atoms with Crippen LogP contribution in [0.1, 0.15) is 23.2 Å². The molecule has 2 saturated heterocycles. The molecule has 2 fully saturated rings. The van der Waals surface area contributed by atoms with Crippen molar-refractivity contribution in [3.63, 3.8) is 0 Å². The van der Waals surface area contributed by atoms with Gasteiger partial charge >= 0.3 is 0 Å². The van der Waals surface area contributed by atoms with Crippen LogP contribution in [0.5, 0.6) is 0 Å². The van der Waals surface area contributed by atoms with Crippen molar-refractivity contribution in [3.8, 4) is 0 Å². The Kier molecular flexibility index (Phi) is 6.03. The number of nitrogens with one attached hydrogen (secondary N) is 2. The molecule has 0 aliphatic carbocycles. The van der Waals surface area contributed by atoms with E-state index < -0.39 is 0 Å². The first kappa shape index (κ1) is 17.6. The zero-order valence-corrected chi connectivity index (χ0v) is 15.0. The third kappa shape index (κ3) is 4.23. The first-order valence-corrected chi connectivity index (χ1v) is 9.81. The second-order valence-corrected chi connectivity index (χ2v) is 7.67. The van der Waals surface area contributed by atoms with Crippen LogP contribution < -0.4 is 10.6 Å². The smallest absolute Gasteiger partial charge is 0.255 e. The summed E-state index contributed by atoms with van der Waals surface area (Å²) in [6.45, 7) is 2.78. The van der Waals surface area contributed by atoms with Crippen molar-refractivity contribution in [1.29, 1.82) is 0 Å². The summed E-state index contributed by atoms with van der Waals surface area (Å²) in [6, 6.07) is 6.41. The molecule has 1 aromatic rings. The molecule has 24 heavy (non-hydrogen) atoms. The summed E-state index contributed by atoms with van der Waals surface area (Å²) in [5, 5.41) is 6.93. The van der Waals surface area contributed by atoms with Crippen LogP contribution in [0.2, 0.25) is 5.02 Å². The van der Waals surface area contributed by atoms with E-state index in [1.165, 1.54) is 6.42 Å². The van der Waals surface area contributed by atoms with Crippen LogP contribution in [0.15, 0.2) is 24.3 Å². The van der Waals surface area contributed by atoms with Gasteiger partial charge in [0.2, 0.25) is 5.91 Å². The normalized spacial score (nSPS) is 23.5. The van der Waals surface area contributed by atoms with Crippen molar-refractivity contribution in [2.24, 2.45) is 5.92 Å². The van der Waals surface area contributed by atoms with Crippen LogP contribution >= 0.6 is 23.4 Å². The van der Waals surface area contributed by atoms with Gasteiger partial charge in [0.05, 0.1) is 5.88 Å². The average molecular weight is 368 g/mol. The highest BCUT2D eigenvalue weighted by Crippen LogP contribution is 2.24. The van der Waals surface area contributed by atoms with Crippen LogP contribution in [0.3, 0.4) is 0 Å². The lowest BCUT2D eigenvalue weighted by atomic mass is 10.1. The maximum atomic E-state index is 12.6. The molecule has 0 saturated carbocycles. The number of halogens is 1. The van der Waals surface area contributed by atoms with Crippen LogP contribution in [-0.2, 0) is 4.79 Å². The highest BCUT2D eigenvalue weighted by Gasteiger charge is 2.35. The van der Waals surface area contributed by atoms with Crippen molar-refractivity contribution < 1.29 is 9.59 Å². The minimum atomic E-state index is -0.389. The lowest BCUT2D eigenvalue weighted by Crippen LogP contribution is -2.47. The Morgan fingerprint density at radius 1 is 1.33 bits per heavy atom. The highest BCUT2D eigenvalue weighted by molar-refractivity contribution is 7.99. The minimum absolute atomic E-state index is 0.0479. The molecule has 1 aromatic carbocycles. The fraction of sp³-hybridized carbons (Fsp3) is 0.529. The van der Waals surface area contributed by atoms with Crippen molar-refractivity contribution >= 4 is 35.2 Å². The molecule has 0 aromatic heterocycles. The van der Waals surface area contributed by atoms with E-state index in [2.05, 4.69) is 10.6 Å². The summed E-state index contributed by atoms with van der Waals surface area (Å²) in [7, 11) is 0. The van der Waals surface area contributed by atoms with E-state index in [0.717, 1.165) is 19.5 Å². The maximum Gasteiger partial charge on any atom is 0.255 e. The molecule has 3 rings (SSSR count). The topological polar surface area (TPSA) is 61.4 Å². The Hall–Kier alpha value is -1.24. The van der Waals surface area contributed by atoms with Gasteiger partial charge in [0.15, 0.2) is 0 Å². The standard InChI is InChI=1S/C17H22ClN3O2S/c18-14-3-1-13(2-4-14)17(23)21-11-24-10-15(21)16(22)20-8-6-12-5-7-19-9-12/h1-4,12,15,19H,5-11H2,(H,20,22). The zero-order chi connectivity index (χ0) is 16.9. The van der Waals surface area contributed by atoms with Gasteiger partial charge in [-0.05, 0) is 56.1 Å². The quantitative estimate of drug-likeness (QED) is 0.835. The molecule has 2 N–H and O–H groups in total. The summed E-state index contributed by atoms with van der Waals surface area (Å²) >= 11 is 7.48. The van der Waals surface area contributed by atoms with Gasteiger partial charge in [-0.15, -0.1) is 11.8 Å². The van der Waals surface area contributed by atoms with Gasteiger partial charge in [-0.1, -0.05) is 11.6 Å². The predicted molar refractivity (Wildman–Crippen MR) is 97.3 cm³/mol. The SMILES string of the molecule is O=C(NCCC1CCNC1)C1CSCN1C(=O)c1ccc(Cl)cc1. The third-order valence-corrected chi connectivity index (χ3v) is 5.82. The average Bonchev–Trinajstić information content (AvgIpc) is 3.26. The van der Waals surface area contributed by atoms with Crippen molar-refractivity contribution in [2.45, 2.75) is 18.9 Å². The highest BCUT2D eigenvalue weighted by atomic mass is 35.5. The van der Waals surface area contributed by atoms with Gasteiger partial charge in [-0.2, -0.15) is 0 Å². The maximum absolute atomic E-state index is 12.6. The van der Waals surface area contributed by atoms with E-state index in [0.29, 0.717) is 34.7 Å². The number of carbonyl (C=O) groups is 2. The first-order valence-electron chi connectivity index (χ1n) is 8.28. The predicted octanol–water partition coefficient (Wildman–Crippen LogP) is 1.97. The van der Waals surface area contributed by atoms with Crippen LogP contribution in [-0.4, -0.2) is 54.0 Å². The van der Waals surface area contributed by atoms with Crippen LogP contribution in [0.4, 0.5) is 0 Å². The number of amides is 2. The largest absolute Gasteiger partial charge is 0.354 e. The molecule has 130 valence electrons. The second kappa shape index (κ2) is 8.23. The molecule has 0 radical (unpaired) electrons. The summed E-state index contributed by atoms with van der Waals surface area (Å²) in [6.07, 6.45) is 2.17. The van der Waals surface area contributed by atoms with E-state index >= 15 is 0 Å². The molecule has 2 unspecified atom stereocenters. The molecular formula is C17H22ClN3O2S. The Balaban J connectivity index is 1.54. The fourth-order valence-electron chi connectivity index (χ4n) is 3.10. The summed E-state index contributed by atoms with van der Waals surface area (Å²) in [5.41, 5.74) is 0.566. The number of benzene rings is 1. The molecule has 2 aliphatic rings. The van der Waals surface area contributed by atoms with Crippen molar-refractivity contribution in [2.75, 3.05) is 31.3 Å². The summed E-state index contributed by atoms with van der Waals surface area (Å²) in [5.74, 6) is 1.68. The molecule has 2 atom stereocenters. The van der Waals surface area contributed by atoms with E-state index in [9.17, 15) is 9.59 Å². The van der Waals surface area contributed by atoms with E-state index in [1.807, 2.05) is 0 Å². The van der Waals surface area contributed by atoms with Crippen LogP contribution in [0, 0.1) is 5.92 Å². The fourth-order valence-corrected chi connectivity index (χ4v) is 4.38. The van der Waals surface area contributed by atoms with E-state index in [-0.39, 0.29) is 17.9 Å². The van der Waals surface area contributed by atoms with E-state index in [4.69, 9.17) is 11.6 Å². The molecule has 2 heterocycles. The molecule has 2 aliphatic heterocycles.